The van der Waals surface area contributed by atoms with E-state index in [1.807, 2.05) is 4.90 Å². The molecule has 0 aliphatic carbocycles. The molecule has 2 atom stereocenters. The molecule has 0 saturated carbocycles. The van der Waals surface area contributed by atoms with E-state index in [0.29, 0.717) is 22.4 Å². The van der Waals surface area contributed by atoms with Crippen LogP contribution >= 0.6 is 11.3 Å². The van der Waals surface area contributed by atoms with E-state index in [1.165, 1.54) is 17.4 Å². The standard InChI is InChI=1S/C12H18N2O4S/c1-8(15)11-5-10(14(16)17)12(19-11)13-4-3-9(6-13)7-18-2/h5,8-9,15H,3-4,6-7H2,1-2H3. The first kappa shape index (κ1) is 14.2. The summed E-state index contributed by atoms with van der Waals surface area (Å²) in [6.45, 7) is 3.87. The number of hydrogen-bond donors (Lipinski definition) is 1. The summed E-state index contributed by atoms with van der Waals surface area (Å²) in [6.07, 6.45) is 0.308. The van der Waals surface area contributed by atoms with Crippen molar-refractivity contribution in [2.24, 2.45) is 5.92 Å². The Kier molecular flexibility index (Phi) is 4.38. The lowest BCUT2D eigenvalue weighted by molar-refractivity contribution is -0.383. The van der Waals surface area contributed by atoms with Gasteiger partial charge in [0.25, 0.3) is 0 Å². The van der Waals surface area contributed by atoms with Crippen LogP contribution in [0, 0.1) is 16.0 Å². The topological polar surface area (TPSA) is 75.8 Å². The predicted molar refractivity (Wildman–Crippen MR) is 73.8 cm³/mol. The quantitative estimate of drug-likeness (QED) is 0.663. The van der Waals surface area contributed by atoms with E-state index in [-0.39, 0.29) is 10.6 Å². The zero-order valence-electron chi connectivity index (χ0n) is 11.0. The molecule has 1 aromatic heterocycles. The van der Waals surface area contributed by atoms with E-state index < -0.39 is 6.10 Å². The maximum absolute atomic E-state index is 11.1. The van der Waals surface area contributed by atoms with Crippen LogP contribution in [0.5, 0.6) is 0 Å². The molecule has 0 spiro atoms. The van der Waals surface area contributed by atoms with E-state index in [1.54, 1.807) is 14.0 Å². The zero-order chi connectivity index (χ0) is 14.0. The maximum atomic E-state index is 11.1. The van der Waals surface area contributed by atoms with Crippen LogP contribution in [0.1, 0.15) is 24.3 Å². The molecule has 1 fully saturated rings. The lowest BCUT2D eigenvalue weighted by Gasteiger charge is -2.15. The molecule has 19 heavy (non-hydrogen) atoms. The fraction of sp³-hybridized carbons (Fsp3) is 0.667. The molecule has 1 N–H and O–H groups in total. The minimum atomic E-state index is -0.671. The summed E-state index contributed by atoms with van der Waals surface area (Å²) < 4.78 is 5.13. The summed E-state index contributed by atoms with van der Waals surface area (Å²) in [5, 5.41) is 21.3. The smallest absolute Gasteiger partial charge is 0.304 e. The van der Waals surface area contributed by atoms with Crippen molar-refractivity contribution in [3.8, 4) is 0 Å². The highest BCUT2D eigenvalue weighted by Gasteiger charge is 2.30. The molecule has 1 aliphatic heterocycles. The number of nitro groups is 1. The van der Waals surface area contributed by atoms with Crippen LogP contribution in [0.2, 0.25) is 0 Å². The van der Waals surface area contributed by atoms with Crippen LogP contribution in [0.3, 0.4) is 0 Å². The largest absolute Gasteiger partial charge is 0.388 e. The Morgan fingerprint density at radius 1 is 1.74 bits per heavy atom. The normalized spacial score (nSPS) is 20.8. The molecule has 0 amide bonds. The number of thiophene rings is 1. The van der Waals surface area contributed by atoms with Crippen molar-refractivity contribution in [2.75, 3.05) is 31.7 Å². The van der Waals surface area contributed by atoms with Gasteiger partial charge in [-0.15, -0.1) is 11.3 Å². The zero-order valence-corrected chi connectivity index (χ0v) is 11.9. The van der Waals surface area contributed by atoms with Crippen molar-refractivity contribution in [3.63, 3.8) is 0 Å². The average Bonchev–Trinajstić information content (AvgIpc) is 2.94. The van der Waals surface area contributed by atoms with E-state index in [2.05, 4.69) is 0 Å². The molecule has 1 aromatic rings. The van der Waals surface area contributed by atoms with Crippen LogP contribution < -0.4 is 4.90 Å². The maximum Gasteiger partial charge on any atom is 0.304 e. The molecule has 2 unspecified atom stereocenters. The van der Waals surface area contributed by atoms with Crippen molar-refractivity contribution in [1.29, 1.82) is 0 Å². The van der Waals surface area contributed by atoms with Crippen LogP contribution in [0.25, 0.3) is 0 Å². The summed E-state index contributed by atoms with van der Waals surface area (Å²) >= 11 is 1.31. The Balaban J connectivity index is 2.21. The average molecular weight is 286 g/mol. The molecule has 0 bridgehead atoms. The summed E-state index contributed by atoms with van der Waals surface area (Å²) in [5.74, 6) is 0.418. The summed E-state index contributed by atoms with van der Waals surface area (Å²) in [6, 6.07) is 1.48. The van der Waals surface area contributed by atoms with Crippen LogP contribution in [0.15, 0.2) is 6.07 Å². The van der Waals surface area contributed by atoms with Crippen molar-refractivity contribution < 1.29 is 14.8 Å². The number of hydrogen-bond acceptors (Lipinski definition) is 6. The number of nitrogens with zero attached hydrogens (tertiary/aromatic N) is 2. The van der Waals surface area contributed by atoms with Gasteiger partial charge in [0.15, 0.2) is 5.00 Å². The van der Waals surface area contributed by atoms with Gasteiger partial charge in [0.2, 0.25) is 0 Å². The number of anilines is 1. The van der Waals surface area contributed by atoms with Crippen molar-refractivity contribution in [3.05, 3.63) is 21.1 Å². The molecule has 6 nitrogen and oxygen atoms in total. The monoisotopic (exact) mass is 286 g/mol. The molecule has 106 valence electrons. The molecule has 1 aliphatic rings. The highest BCUT2D eigenvalue weighted by molar-refractivity contribution is 7.16. The first-order chi connectivity index (χ1) is 9.02. The van der Waals surface area contributed by atoms with E-state index in [4.69, 9.17) is 4.74 Å². The van der Waals surface area contributed by atoms with Crippen molar-refractivity contribution >= 4 is 22.0 Å². The van der Waals surface area contributed by atoms with Crippen LogP contribution in [-0.4, -0.2) is 36.8 Å². The molecule has 2 heterocycles. The highest BCUT2D eigenvalue weighted by atomic mass is 32.1. The highest BCUT2D eigenvalue weighted by Crippen LogP contribution is 2.41. The van der Waals surface area contributed by atoms with Gasteiger partial charge in [-0.1, -0.05) is 0 Å². The third-order valence-electron chi connectivity index (χ3n) is 3.30. The second-order valence-electron chi connectivity index (χ2n) is 4.83. The first-order valence-electron chi connectivity index (χ1n) is 6.23. The van der Waals surface area contributed by atoms with Crippen molar-refractivity contribution in [2.45, 2.75) is 19.4 Å². The molecule has 0 radical (unpaired) electrons. The van der Waals surface area contributed by atoms with Gasteiger partial charge in [-0.2, -0.15) is 0 Å². The number of rotatable bonds is 5. The SMILES string of the molecule is COCC1CCN(c2sc(C(C)O)cc2[N+](=O)[O-])C1. The van der Waals surface area contributed by atoms with E-state index in [9.17, 15) is 15.2 Å². The second kappa shape index (κ2) is 5.85. The van der Waals surface area contributed by atoms with Gasteiger partial charge in [0.1, 0.15) is 0 Å². The fourth-order valence-corrected chi connectivity index (χ4v) is 3.44. The van der Waals surface area contributed by atoms with Gasteiger partial charge in [-0.3, -0.25) is 10.1 Å². The number of ether oxygens (including phenoxy) is 1. The van der Waals surface area contributed by atoms with Crippen LogP contribution in [-0.2, 0) is 4.74 Å². The van der Waals surface area contributed by atoms with E-state index >= 15 is 0 Å². The number of methoxy groups -OCH3 is 1. The Labute approximate surface area is 115 Å². The number of aliphatic hydroxyl groups is 1. The molecule has 2 rings (SSSR count). The van der Waals surface area contributed by atoms with Crippen molar-refractivity contribution in [1.82, 2.24) is 0 Å². The molecular weight excluding hydrogens is 268 g/mol. The van der Waals surface area contributed by atoms with Gasteiger partial charge in [0.05, 0.1) is 17.6 Å². The third-order valence-corrected chi connectivity index (χ3v) is 4.65. The Hall–Kier alpha value is -1.18. The molecule has 0 aromatic carbocycles. The number of aliphatic hydroxyl groups excluding tert-OH is 1. The van der Waals surface area contributed by atoms with Gasteiger partial charge >= 0.3 is 5.69 Å². The molecular formula is C12H18N2O4S. The summed E-state index contributed by atoms with van der Waals surface area (Å²) in [5.41, 5.74) is 0.0963. The minimum Gasteiger partial charge on any atom is -0.388 e. The van der Waals surface area contributed by atoms with Gasteiger partial charge in [0, 0.05) is 37.1 Å². The third kappa shape index (κ3) is 3.05. The summed E-state index contributed by atoms with van der Waals surface area (Å²) in [7, 11) is 1.67. The Bertz CT molecular complexity index is 461. The van der Waals surface area contributed by atoms with Gasteiger partial charge < -0.3 is 14.7 Å². The summed E-state index contributed by atoms with van der Waals surface area (Å²) in [4.78, 5) is 13.4. The lowest BCUT2D eigenvalue weighted by atomic mass is 10.1. The Morgan fingerprint density at radius 3 is 3.05 bits per heavy atom. The Morgan fingerprint density at radius 2 is 2.47 bits per heavy atom. The fourth-order valence-electron chi connectivity index (χ4n) is 2.34. The minimum absolute atomic E-state index is 0.0963. The van der Waals surface area contributed by atoms with Gasteiger partial charge in [-0.05, 0) is 13.3 Å². The lowest BCUT2D eigenvalue weighted by Crippen LogP contribution is -2.20. The predicted octanol–water partition coefficient (Wildman–Crippen LogP) is 2.18. The van der Waals surface area contributed by atoms with Crippen LogP contribution in [0.4, 0.5) is 10.7 Å². The second-order valence-corrected chi connectivity index (χ2v) is 5.89. The van der Waals surface area contributed by atoms with E-state index in [0.717, 1.165) is 19.5 Å². The molecule has 7 heteroatoms. The van der Waals surface area contributed by atoms with Gasteiger partial charge in [-0.25, -0.2) is 0 Å². The molecule has 1 saturated heterocycles. The first-order valence-corrected chi connectivity index (χ1v) is 7.04.